The molecule has 1 aromatic rings. The molecule has 1 aliphatic rings. The van der Waals surface area contributed by atoms with Crippen molar-refractivity contribution in [1.29, 1.82) is 0 Å². The van der Waals surface area contributed by atoms with E-state index in [1.54, 1.807) is 12.1 Å². The van der Waals surface area contributed by atoms with E-state index >= 15 is 0 Å². The number of nitrogens with one attached hydrogen (secondary N) is 1. The Balaban J connectivity index is 1.88. The largest absolute Gasteiger partial charge is 0.379 e. The Morgan fingerprint density at radius 3 is 2.50 bits per heavy atom. The summed E-state index contributed by atoms with van der Waals surface area (Å²) >= 11 is 0. The molecule has 0 radical (unpaired) electrons. The van der Waals surface area contributed by atoms with Crippen LogP contribution in [-0.4, -0.2) is 50.2 Å². The third-order valence-electron chi connectivity index (χ3n) is 4.01. The summed E-state index contributed by atoms with van der Waals surface area (Å²) in [5.41, 5.74) is 0.861. The fourth-order valence-electron chi connectivity index (χ4n) is 2.78. The quantitative estimate of drug-likeness (QED) is 0.874. The number of ether oxygens (including phenoxy) is 1. The molecular weight excluding hydrogens is 283 g/mol. The van der Waals surface area contributed by atoms with Crippen LogP contribution in [0.5, 0.6) is 0 Å². The van der Waals surface area contributed by atoms with Gasteiger partial charge < -0.3 is 10.1 Å². The molecule has 1 saturated heterocycles. The van der Waals surface area contributed by atoms with E-state index in [9.17, 15) is 9.18 Å². The van der Waals surface area contributed by atoms with Crippen molar-refractivity contribution in [1.82, 2.24) is 10.2 Å². The molecule has 1 fully saturated rings. The van der Waals surface area contributed by atoms with Crippen LogP contribution in [-0.2, 0) is 9.53 Å². The Morgan fingerprint density at radius 2 is 1.91 bits per heavy atom. The topological polar surface area (TPSA) is 41.6 Å². The second-order valence-electron chi connectivity index (χ2n) is 6.02. The Hall–Kier alpha value is -1.46. The molecule has 0 aliphatic carbocycles. The Kier molecular flexibility index (Phi) is 6.34. The number of benzene rings is 1. The van der Waals surface area contributed by atoms with E-state index in [2.05, 4.69) is 10.2 Å². The molecule has 0 saturated carbocycles. The first-order chi connectivity index (χ1) is 10.6. The molecule has 1 aliphatic heterocycles. The summed E-state index contributed by atoms with van der Waals surface area (Å²) in [7, 11) is 0. The summed E-state index contributed by atoms with van der Waals surface area (Å²) in [6.07, 6.45) is 0. The average Bonchev–Trinajstić information content (AvgIpc) is 2.50. The van der Waals surface area contributed by atoms with Gasteiger partial charge in [-0.2, -0.15) is 0 Å². The van der Waals surface area contributed by atoms with Crippen molar-refractivity contribution in [3.05, 3.63) is 35.6 Å². The van der Waals surface area contributed by atoms with E-state index in [-0.39, 0.29) is 23.6 Å². The van der Waals surface area contributed by atoms with Crippen molar-refractivity contribution in [2.75, 3.05) is 39.4 Å². The molecule has 4 nitrogen and oxygen atoms in total. The van der Waals surface area contributed by atoms with Crippen molar-refractivity contribution in [2.24, 2.45) is 5.92 Å². The maximum atomic E-state index is 13.0. The summed E-state index contributed by atoms with van der Waals surface area (Å²) in [4.78, 5) is 14.7. The van der Waals surface area contributed by atoms with Gasteiger partial charge in [0.05, 0.1) is 19.1 Å². The highest BCUT2D eigenvalue weighted by Gasteiger charge is 2.24. The fourth-order valence-corrected chi connectivity index (χ4v) is 2.78. The predicted molar refractivity (Wildman–Crippen MR) is 84.2 cm³/mol. The molecule has 22 heavy (non-hydrogen) atoms. The van der Waals surface area contributed by atoms with Crippen molar-refractivity contribution in [3.8, 4) is 0 Å². The average molecular weight is 308 g/mol. The molecule has 0 bridgehead atoms. The lowest BCUT2D eigenvalue weighted by Gasteiger charge is -2.27. The van der Waals surface area contributed by atoms with Gasteiger partial charge in [-0.25, -0.2) is 4.39 Å². The van der Waals surface area contributed by atoms with Gasteiger partial charge in [0, 0.05) is 26.2 Å². The van der Waals surface area contributed by atoms with Crippen molar-refractivity contribution >= 4 is 5.91 Å². The van der Waals surface area contributed by atoms with Gasteiger partial charge >= 0.3 is 0 Å². The minimum atomic E-state index is -0.279. The van der Waals surface area contributed by atoms with Gasteiger partial charge in [-0.1, -0.05) is 26.0 Å². The maximum absolute atomic E-state index is 13.0. The monoisotopic (exact) mass is 308 g/mol. The van der Waals surface area contributed by atoms with E-state index in [0.29, 0.717) is 6.54 Å². The van der Waals surface area contributed by atoms with E-state index in [0.717, 1.165) is 38.4 Å². The summed E-state index contributed by atoms with van der Waals surface area (Å²) in [5, 5.41) is 3.01. The van der Waals surface area contributed by atoms with Crippen LogP contribution in [0.2, 0.25) is 0 Å². The second-order valence-corrected chi connectivity index (χ2v) is 6.02. The second kappa shape index (κ2) is 8.25. The Bertz CT molecular complexity index is 470. The standard InChI is InChI=1S/C17H25FN2O2/c1-13(2)16(14-3-5-15(18)6-4-14)17(21)19-7-8-20-9-11-22-12-10-20/h3-6,13,16H,7-12H2,1-2H3,(H,19,21). The first-order valence-electron chi connectivity index (χ1n) is 7.91. The van der Waals surface area contributed by atoms with Gasteiger partial charge in [-0.15, -0.1) is 0 Å². The number of carbonyl (C=O) groups excluding carboxylic acids is 1. The maximum Gasteiger partial charge on any atom is 0.227 e. The van der Waals surface area contributed by atoms with E-state index in [1.165, 1.54) is 12.1 Å². The zero-order valence-electron chi connectivity index (χ0n) is 13.3. The summed E-state index contributed by atoms with van der Waals surface area (Å²) in [5.74, 6) is -0.354. The zero-order chi connectivity index (χ0) is 15.9. The van der Waals surface area contributed by atoms with Crippen molar-refractivity contribution in [2.45, 2.75) is 19.8 Å². The lowest BCUT2D eigenvalue weighted by molar-refractivity contribution is -0.123. The SMILES string of the molecule is CC(C)C(C(=O)NCCN1CCOCC1)c1ccc(F)cc1. The van der Waals surface area contributed by atoms with Crippen LogP contribution in [0.4, 0.5) is 4.39 Å². The highest BCUT2D eigenvalue weighted by molar-refractivity contribution is 5.83. The highest BCUT2D eigenvalue weighted by Crippen LogP contribution is 2.24. The lowest BCUT2D eigenvalue weighted by Crippen LogP contribution is -2.42. The first-order valence-corrected chi connectivity index (χ1v) is 7.91. The molecule has 1 unspecified atom stereocenters. The van der Waals surface area contributed by atoms with E-state index in [4.69, 9.17) is 4.74 Å². The third-order valence-corrected chi connectivity index (χ3v) is 4.01. The predicted octanol–water partition coefficient (Wildman–Crippen LogP) is 2.01. The number of carbonyl (C=O) groups is 1. The number of halogens is 1. The molecule has 5 heteroatoms. The summed E-state index contributed by atoms with van der Waals surface area (Å²) < 4.78 is 18.3. The molecule has 2 rings (SSSR count). The Morgan fingerprint density at radius 1 is 1.27 bits per heavy atom. The van der Waals surface area contributed by atoms with E-state index < -0.39 is 0 Å². The summed E-state index contributed by atoms with van der Waals surface area (Å²) in [6.45, 7) is 8.84. The number of hydrogen-bond donors (Lipinski definition) is 1. The normalized spacial score (nSPS) is 17.5. The van der Waals surface area contributed by atoms with Gasteiger partial charge in [-0.3, -0.25) is 9.69 Å². The molecule has 1 aromatic carbocycles. The van der Waals surface area contributed by atoms with Gasteiger partial charge in [0.2, 0.25) is 5.91 Å². The summed E-state index contributed by atoms with van der Waals surface area (Å²) in [6, 6.07) is 6.21. The number of hydrogen-bond acceptors (Lipinski definition) is 3. The molecule has 1 amide bonds. The van der Waals surface area contributed by atoms with Crippen LogP contribution in [0.15, 0.2) is 24.3 Å². The van der Waals surface area contributed by atoms with Crippen LogP contribution in [0.1, 0.15) is 25.3 Å². The smallest absolute Gasteiger partial charge is 0.227 e. The lowest BCUT2D eigenvalue weighted by atomic mass is 9.87. The number of morpholine rings is 1. The minimum absolute atomic E-state index is 0.00914. The molecule has 1 N–H and O–H groups in total. The van der Waals surface area contributed by atoms with Gasteiger partial charge in [0.1, 0.15) is 5.82 Å². The van der Waals surface area contributed by atoms with Crippen molar-refractivity contribution < 1.29 is 13.9 Å². The van der Waals surface area contributed by atoms with Crippen molar-refractivity contribution in [3.63, 3.8) is 0 Å². The molecule has 1 atom stereocenters. The van der Waals surface area contributed by atoms with Gasteiger partial charge in [0.25, 0.3) is 0 Å². The molecule has 0 aromatic heterocycles. The zero-order valence-corrected chi connectivity index (χ0v) is 13.3. The fraction of sp³-hybridized carbons (Fsp3) is 0.588. The van der Waals surface area contributed by atoms with E-state index in [1.807, 2.05) is 13.8 Å². The van der Waals surface area contributed by atoms with Crippen LogP contribution >= 0.6 is 0 Å². The highest BCUT2D eigenvalue weighted by atomic mass is 19.1. The molecule has 122 valence electrons. The van der Waals surface area contributed by atoms with Gasteiger partial charge in [-0.05, 0) is 23.6 Å². The first kappa shape index (κ1) is 16.9. The van der Waals surface area contributed by atoms with Crippen LogP contribution in [0.3, 0.4) is 0 Å². The molecule has 1 heterocycles. The third kappa shape index (κ3) is 4.78. The minimum Gasteiger partial charge on any atom is -0.379 e. The van der Waals surface area contributed by atoms with Gasteiger partial charge in [0.15, 0.2) is 0 Å². The number of amides is 1. The number of nitrogens with zero attached hydrogens (tertiary/aromatic N) is 1. The number of rotatable bonds is 6. The van der Waals surface area contributed by atoms with Crippen LogP contribution < -0.4 is 5.32 Å². The Labute approximate surface area is 131 Å². The van der Waals surface area contributed by atoms with Crippen LogP contribution in [0.25, 0.3) is 0 Å². The molecule has 0 spiro atoms. The van der Waals surface area contributed by atoms with Crippen LogP contribution in [0, 0.1) is 11.7 Å². The molecular formula is C17H25FN2O2.